The second kappa shape index (κ2) is 5.14. The van der Waals surface area contributed by atoms with E-state index in [1.54, 1.807) is 0 Å². The number of nitrogens with zero attached hydrogens (tertiary/aromatic N) is 2. The Morgan fingerprint density at radius 1 is 1.44 bits per heavy atom. The van der Waals surface area contributed by atoms with E-state index in [1.165, 1.54) is 12.8 Å². The summed E-state index contributed by atoms with van der Waals surface area (Å²) < 4.78 is 5.50. The average Bonchev–Trinajstić information content (AvgIpc) is 2.87. The maximum Gasteiger partial charge on any atom is 0.215 e. The second-order valence-corrected chi connectivity index (χ2v) is 5.09. The van der Waals surface area contributed by atoms with Crippen molar-refractivity contribution in [3.05, 3.63) is 18.2 Å². The van der Waals surface area contributed by atoms with Crippen molar-refractivity contribution in [3.8, 4) is 5.88 Å². The van der Waals surface area contributed by atoms with Crippen LogP contribution < -0.4 is 15.0 Å². The summed E-state index contributed by atoms with van der Waals surface area (Å²) in [6.45, 7) is 6.03. The smallest absolute Gasteiger partial charge is 0.215 e. The molecule has 98 valence electrons. The molecule has 1 aromatic rings. The molecule has 1 N–H and O–H groups in total. The maximum atomic E-state index is 5.50. The van der Waals surface area contributed by atoms with E-state index in [-0.39, 0.29) is 0 Å². The van der Waals surface area contributed by atoms with Gasteiger partial charge in [-0.15, -0.1) is 0 Å². The predicted octanol–water partition coefficient (Wildman–Crippen LogP) is 1.67. The molecule has 0 saturated carbocycles. The summed E-state index contributed by atoms with van der Waals surface area (Å²) in [4.78, 5) is 7.08. The third-order valence-electron chi connectivity index (χ3n) is 3.97. The monoisotopic (exact) mass is 247 g/mol. The topological polar surface area (TPSA) is 37.4 Å². The van der Waals surface area contributed by atoms with Gasteiger partial charge in [0.2, 0.25) is 5.88 Å². The van der Waals surface area contributed by atoms with Crippen LogP contribution in [-0.4, -0.2) is 37.3 Å². The van der Waals surface area contributed by atoms with Crippen LogP contribution in [0.2, 0.25) is 0 Å². The fourth-order valence-electron chi connectivity index (χ4n) is 3.14. The van der Waals surface area contributed by atoms with Gasteiger partial charge in [0.25, 0.3) is 0 Å². The van der Waals surface area contributed by atoms with Crippen LogP contribution in [-0.2, 0) is 0 Å². The van der Waals surface area contributed by atoms with Crippen LogP contribution in [0.1, 0.15) is 19.8 Å². The van der Waals surface area contributed by atoms with E-state index in [0.29, 0.717) is 12.6 Å². The molecule has 1 aromatic heterocycles. The lowest BCUT2D eigenvalue weighted by atomic mass is 9.92. The van der Waals surface area contributed by atoms with Crippen molar-refractivity contribution >= 4 is 5.82 Å². The van der Waals surface area contributed by atoms with E-state index in [2.05, 4.69) is 21.3 Å². The average molecular weight is 247 g/mol. The van der Waals surface area contributed by atoms with Crippen molar-refractivity contribution in [2.45, 2.75) is 25.8 Å². The highest BCUT2D eigenvalue weighted by Gasteiger charge is 2.35. The van der Waals surface area contributed by atoms with Crippen molar-refractivity contribution in [2.75, 3.05) is 31.1 Å². The van der Waals surface area contributed by atoms with E-state index in [4.69, 9.17) is 4.74 Å². The summed E-state index contributed by atoms with van der Waals surface area (Å²) in [5.74, 6) is 2.60. The molecule has 4 nitrogen and oxygen atoms in total. The zero-order chi connectivity index (χ0) is 12.4. The Hall–Kier alpha value is -1.29. The van der Waals surface area contributed by atoms with Gasteiger partial charge in [-0.1, -0.05) is 6.07 Å². The lowest BCUT2D eigenvalue weighted by molar-refractivity contribution is 0.325. The Bertz CT molecular complexity index is 410. The quantitative estimate of drug-likeness (QED) is 0.881. The largest absolute Gasteiger partial charge is 0.478 e. The Morgan fingerprint density at radius 2 is 2.39 bits per heavy atom. The Morgan fingerprint density at radius 3 is 3.28 bits per heavy atom. The number of aromatic nitrogens is 1. The summed E-state index contributed by atoms with van der Waals surface area (Å²) in [5, 5.41) is 3.50. The molecule has 0 bridgehead atoms. The molecule has 2 aliphatic rings. The number of pyridine rings is 1. The number of ether oxygens (including phenoxy) is 1. The number of piperidine rings is 1. The molecule has 3 rings (SSSR count). The van der Waals surface area contributed by atoms with E-state index in [0.717, 1.165) is 37.3 Å². The molecule has 3 heterocycles. The third kappa shape index (κ3) is 2.17. The number of hydrogen-bond acceptors (Lipinski definition) is 4. The number of nitrogens with one attached hydrogen (secondary N) is 1. The standard InChI is InChI=1S/C14H21N3O/c1-2-18-14-7-3-6-13(16-14)17-8-4-5-11-9-15-10-12(11)17/h3,6-7,11-12,15H,2,4-5,8-10H2,1H3. The summed E-state index contributed by atoms with van der Waals surface area (Å²) in [5.41, 5.74) is 0. The van der Waals surface area contributed by atoms with Gasteiger partial charge in [-0.05, 0) is 31.7 Å². The fraction of sp³-hybridized carbons (Fsp3) is 0.643. The minimum atomic E-state index is 0.614. The number of rotatable bonds is 3. The first-order chi connectivity index (χ1) is 8.88. The molecule has 0 aromatic carbocycles. The summed E-state index contributed by atoms with van der Waals surface area (Å²) in [7, 11) is 0. The van der Waals surface area contributed by atoms with Crippen LogP contribution in [0.15, 0.2) is 18.2 Å². The molecule has 2 fully saturated rings. The minimum Gasteiger partial charge on any atom is -0.478 e. The Labute approximate surface area is 108 Å². The van der Waals surface area contributed by atoms with Gasteiger partial charge in [0, 0.05) is 31.7 Å². The number of fused-ring (bicyclic) bond motifs is 1. The zero-order valence-electron chi connectivity index (χ0n) is 10.9. The van der Waals surface area contributed by atoms with Crippen LogP contribution in [0.5, 0.6) is 5.88 Å². The number of anilines is 1. The number of hydrogen-bond donors (Lipinski definition) is 1. The molecule has 2 aliphatic heterocycles. The SMILES string of the molecule is CCOc1cccc(N2CCCC3CNCC32)n1. The molecular weight excluding hydrogens is 226 g/mol. The Kier molecular flexibility index (Phi) is 3.37. The van der Waals surface area contributed by atoms with Gasteiger partial charge in [0.05, 0.1) is 6.61 Å². The molecule has 2 unspecified atom stereocenters. The lowest BCUT2D eigenvalue weighted by Gasteiger charge is -2.38. The fourth-order valence-corrected chi connectivity index (χ4v) is 3.14. The van der Waals surface area contributed by atoms with Gasteiger partial charge in [0.15, 0.2) is 0 Å². The molecule has 2 saturated heterocycles. The molecule has 0 aliphatic carbocycles. The summed E-state index contributed by atoms with van der Waals surface area (Å²) in [6.07, 6.45) is 2.61. The molecule has 4 heteroatoms. The first kappa shape index (κ1) is 11.8. The molecule has 0 radical (unpaired) electrons. The van der Waals surface area contributed by atoms with Crippen molar-refractivity contribution < 1.29 is 4.74 Å². The zero-order valence-corrected chi connectivity index (χ0v) is 10.9. The van der Waals surface area contributed by atoms with Gasteiger partial charge in [-0.3, -0.25) is 0 Å². The second-order valence-electron chi connectivity index (χ2n) is 5.09. The van der Waals surface area contributed by atoms with Crippen LogP contribution in [0.25, 0.3) is 0 Å². The first-order valence-electron chi connectivity index (χ1n) is 6.95. The van der Waals surface area contributed by atoms with Gasteiger partial charge in [-0.2, -0.15) is 4.98 Å². The van der Waals surface area contributed by atoms with Crippen molar-refractivity contribution in [2.24, 2.45) is 5.92 Å². The first-order valence-corrected chi connectivity index (χ1v) is 6.95. The van der Waals surface area contributed by atoms with Crippen molar-refractivity contribution in [1.29, 1.82) is 0 Å². The molecular formula is C14H21N3O. The highest BCUT2D eigenvalue weighted by atomic mass is 16.5. The molecule has 18 heavy (non-hydrogen) atoms. The maximum absolute atomic E-state index is 5.50. The normalized spacial score (nSPS) is 27.1. The Balaban J connectivity index is 1.82. The highest BCUT2D eigenvalue weighted by molar-refractivity contribution is 5.43. The van der Waals surface area contributed by atoms with Gasteiger partial charge in [-0.25, -0.2) is 0 Å². The van der Waals surface area contributed by atoms with E-state index in [9.17, 15) is 0 Å². The van der Waals surface area contributed by atoms with Crippen molar-refractivity contribution in [1.82, 2.24) is 10.3 Å². The minimum absolute atomic E-state index is 0.614. The van der Waals surface area contributed by atoms with Crippen LogP contribution in [0, 0.1) is 5.92 Å². The van der Waals surface area contributed by atoms with E-state index < -0.39 is 0 Å². The summed E-state index contributed by atoms with van der Waals surface area (Å²) in [6, 6.07) is 6.69. The molecule has 0 spiro atoms. The van der Waals surface area contributed by atoms with Crippen LogP contribution in [0.4, 0.5) is 5.82 Å². The van der Waals surface area contributed by atoms with Crippen LogP contribution in [0.3, 0.4) is 0 Å². The molecule has 0 amide bonds. The predicted molar refractivity (Wildman–Crippen MR) is 72.1 cm³/mol. The van der Waals surface area contributed by atoms with E-state index >= 15 is 0 Å². The molecule has 2 atom stereocenters. The summed E-state index contributed by atoms with van der Waals surface area (Å²) >= 11 is 0. The van der Waals surface area contributed by atoms with Crippen molar-refractivity contribution in [3.63, 3.8) is 0 Å². The van der Waals surface area contributed by atoms with E-state index in [1.807, 2.05) is 19.1 Å². The van der Waals surface area contributed by atoms with Gasteiger partial charge >= 0.3 is 0 Å². The highest BCUT2D eigenvalue weighted by Crippen LogP contribution is 2.30. The van der Waals surface area contributed by atoms with Gasteiger partial charge < -0.3 is 15.0 Å². The third-order valence-corrected chi connectivity index (χ3v) is 3.97. The lowest BCUT2D eigenvalue weighted by Crippen LogP contribution is -2.45. The van der Waals surface area contributed by atoms with Crippen LogP contribution >= 0.6 is 0 Å². The van der Waals surface area contributed by atoms with Gasteiger partial charge in [0.1, 0.15) is 5.82 Å².